The average molecular weight is 450 g/mol. The molecule has 0 saturated heterocycles. The number of rotatable bonds is 2. The zero-order chi connectivity index (χ0) is 21.5. The van der Waals surface area contributed by atoms with Crippen molar-refractivity contribution in [3.8, 4) is 0 Å². The second kappa shape index (κ2) is 7.95. The number of amides is 2. The summed E-state index contributed by atoms with van der Waals surface area (Å²) in [6, 6.07) is 21.0. The number of halogens is 2. The Balaban J connectivity index is 1.58. The van der Waals surface area contributed by atoms with Gasteiger partial charge in [0.05, 0.1) is 6.04 Å². The zero-order valence-electron chi connectivity index (χ0n) is 17.0. The normalized spacial score (nSPS) is 15.7. The molecule has 31 heavy (non-hydrogen) atoms. The molecular formula is C25H21Cl2N3O. The lowest BCUT2D eigenvalue weighted by molar-refractivity contribution is 0.193. The molecule has 2 amide bonds. The number of nitrogens with zero attached hydrogens (tertiary/aromatic N) is 1. The number of fused-ring (bicyclic) bond motifs is 3. The molecule has 3 aromatic carbocycles. The Morgan fingerprint density at radius 1 is 1.00 bits per heavy atom. The molecule has 0 radical (unpaired) electrons. The molecule has 1 aliphatic heterocycles. The Morgan fingerprint density at radius 3 is 2.45 bits per heavy atom. The Bertz CT molecular complexity index is 1260. The van der Waals surface area contributed by atoms with Crippen LogP contribution >= 0.6 is 23.2 Å². The standard InChI is InChI=1S/C25H21Cl2N3O/c1-15-2-4-16(5-3-15)24-23-20(21-14-18(27)8-11-22(21)29-23)12-13-30(24)25(31)28-19-9-6-17(26)7-10-19/h2-11,14,24,29H,12-13H2,1H3,(H,28,31)/t24-/m1/s1. The van der Waals surface area contributed by atoms with E-state index in [1.165, 1.54) is 11.1 Å². The van der Waals surface area contributed by atoms with Gasteiger partial charge in [-0.3, -0.25) is 0 Å². The predicted molar refractivity (Wildman–Crippen MR) is 127 cm³/mol. The first kappa shape index (κ1) is 20.0. The fourth-order valence-electron chi connectivity index (χ4n) is 4.30. The van der Waals surface area contributed by atoms with Crippen LogP contribution in [0.5, 0.6) is 0 Å². The van der Waals surface area contributed by atoms with Gasteiger partial charge in [0.1, 0.15) is 0 Å². The lowest BCUT2D eigenvalue weighted by Gasteiger charge is -2.36. The first-order chi connectivity index (χ1) is 15.0. The second-order valence-electron chi connectivity index (χ2n) is 7.90. The number of aromatic amines is 1. The molecule has 0 bridgehead atoms. The minimum absolute atomic E-state index is 0.143. The molecule has 4 aromatic rings. The van der Waals surface area contributed by atoms with Crippen molar-refractivity contribution in [3.63, 3.8) is 0 Å². The maximum atomic E-state index is 13.3. The highest BCUT2D eigenvalue weighted by Gasteiger charge is 2.34. The molecule has 5 rings (SSSR count). The highest BCUT2D eigenvalue weighted by Crippen LogP contribution is 2.39. The summed E-state index contributed by atoms with van der Waals surface area (Å²) in [6.07, 6.45) is 0.756. The summed E-state index contributed by atoms with van der Waals surface area (Å²) in [5, 5.41) is 5.49. The minimum Gasteiger partial charge on any atom is -0.356 e. The summed E-state index contributed by atoms with van der Waals surface area (Å²) in [5.74, 6) is 0. The minimum atomic E-state index is -0.220. The summed E-state index contributed by atoms with van der Waals surface area (Å²) in [7, 11) is 0. The van der Waals surface area contributed by atoms with Gasteiger partial charge in [0, 0.05) is 38.9 Å². The van der Waals surface area contributed by atoms with E-state index in [4.69, 9.17) is 23.2 Å². The van der Waals surface area contributed by atoms with Crippen molar-refractivity contribution in [1.29, 1.82) is 0 Å². The molecule has 4 nitrogen and oxygen atoms in total. The zero-order valence-corrected chi connectivity index (χ0v) is 18.5. The van der Waals surface area contributed by atoms with Crippen LogP contribution in [-0.4, -0.2) is 22.5 Å². The Morgan fingerprint density at radius 2 is 1.71 bits per heavy atom. The third kappa shape index (κ3) is 3.78. The van der Waals surface area contributed by atoms with Crippen LogP contribution in [0.15, 0.2) is 66.7 Å². The monoisotopic (exact) mass is 449 g/mol. The van der Waals surface area contributed by atoms with Gasteiger partial charge in [0.25, 0.3) is 0 Å². The smallest absolute Gasteiger partial charge is 0.322 e. The van der Waals surface area contributed by atoms with Crippen molar-refractivity contribution in [1.82, 2.24) is 9.88 Å². The summed E-state index contributed by atoms with van der Waals surface area (Å²) < 4.78 is 0. The van der Waals surface area contributed by atoms with Gasteiger partial charge in [-0.1, -0.05) is 53.0 Å². The highest BCUT2D eigenvalue weighted by molar-refractivity contribution is 6.31. The van der Waals surface area contributed by atoms with Gasteiger partial charge in [-0.05, 0) is 66.9 Å². The molecule has 0 saturated carbocycles. The molecule has 6 heteroatoms. The predicted octanol–water partition coefficient (Wildman–Crippen LogP) is 6.96. The molecule has 156 valence electrons. The van der Waals surface area contributed by atoms with Crippen molar-refractivity contribution in [2.45, 2.75) is 19.4 Å². The van der Waals surface area contributed by atoms with Crippen LogP contribution in [0.4, 0.5) is 10.5 Å². The van der Waals surface area contributed by atoms with Crippen LogP contribution in [-0.2, 0) is 6.42 Å². The van der Waals surface area contributed by atoms with Gasteiger partial charge in [0.2, 0.25) is 0 Å². The first-order valence-corrected chi connectivity index (χ1v) is 10.9. The number of carbonyl (C=O) groups is 1. The Kier molecular flexibility index (Phi) is 5.12. The molecule has 0 spiro atoms. The summed E-state index contributed by atoms with van der Waals surface area (Å²) in [4.78, 5) is 18.8. The van der Waals surface area contributed by atoms with E-state index in [1.54, 1.807) is 24.3 Å². The van der Waals surface area contributed by atoms with Crippen molar-refractivity contribution in [2.24, 2.45) is 0 Å². The molecule has 0 fully saturated rings. The number of hydrogen-bond acceptors (Lipinski definition) is 1. The molecule has 1 aliphatic rings. The quantitative estimate of drug-likeness (QED) is 0.341. The van der Waals surface area contributed by atoms with E-state index >= 15 is 0 Å². The van der Waals surface area contributed by atoms with E-state index in [-0.39, 0.29) is 12.1 Å². The van der Waals surface area contributed by atoms with Gasteiger partial charge in [-0.15, -0.1) is 0 Å². The van der Waals surface area contributed by atoms with Gasteiger partial charge in [-0.2, -0.15) is 0 Å². The average Bonchev–Trinajstić information content (AvgIpc) is 3.13. The Hall–Kier alpha value is -2.95. The van der Waals surface area contributed by atoms with Crippen LogP contribution in [0.2, 0.25) is 10.0 Å². The molecule has 1 aromatic heterocycles. The summed E-state index contributed by atoms with van der Waals surface area (Å²) in [5.41, 5.74) is 6.26. The van der Waals surface area contributed by atoms with Crippen molar-refractivity contribution < 1.29 is 4.79 Å². The number of aryl methyl sites for hydroxylation is 1. The van der Waals surface area contributed by atoms with Gasteiger partial charge in [-0.25, -0.2) is 4.79 Å². The van der Waals surface area contributed by atoms with Crippen LogP contribution < -0.4 is 5.32 Å². The van der Waals surface area contributed by atoms with Crippen molar-refractivity contribution in [3.05, 3.63) is 99.2 Å². The molecule has 2 heterocycles. The number of hydrogen-bond donors (Lipinski definition) is 2. The SMILES string of the molecule is Cc1ccc([C@@H]2c3[nH]c4ccc(Cl)cc4c3CCN2C(=O)Nc2ccc(Cl)cc2)cc1. The van der Waals surface area contributed by atoms with Crippen LogP contribution in [0.25, 0.3) is 10.9 Å². The lowest BCUT2D eigenvalue weighted by atomic mass is 9.92. The molecule has 2 N–H and O–H groups in total. The topological polar surface area (TPSA) is 48.1 Å². The summed E-state index contributed by atoms with van der Waals surface area (Å²) in [6.45, 7) is 2.66. The van der Waals surface area contributed by atoms with E-state index in [0.29, 0.717) is 22.3 Å². The molecular weight excluding hydrogens is 429 g/mol. The number of carbonyl (C=O) groups excluding carboxylic acids is 1. The number of benzene rings is 3. The fraction of sp³-hybridized carbons (Fsp3) is 0.160. The highest BCUT2D eigenvalue weighted by atomic mass is 35.5. The molecule has 0 aliphatic carbocycles. The molecule has 1 atom stereocenters. The fourth-order valence-corrected chi connectivity index (χ4v) is 4.60. The van der Waals surface area contributed by atoms with E-state index < -0.39 is 0 Å². The van der Waals surface area contributed by atoms with Crippen molar-refractivity contribution >= 4 is 45.8 Å². The molecule has 0 unspecified atom stereocenters. The van der Waals surface area contributed by atoms with Gasteiger partial charge < -0.3 is 15.2 Å². The number of nitrogens with one attached hydrogen (secondary N) is 2. The largest absolute Gasteiger partial charge is 0.356 e. The third-order valence-electron chi connectivity index (χ3n) is 5.84. The van der Waals surface area contributed by atoms with Gasteiger partial charge in [0.15, 0.2) is 0 Å². The van der Waals surface area contributed by atoms with E-state index in [9.17, 15) is 4.79 Å². The summed E-state index contributed by atoms with van der Waals surface area (Å²) >= 11 is 12.3. The lowest BCUT2D eigenvalue weighted by Crippen LogP contribution is -2.43. The Labute approximate surface area is 190 Å². The number of H-pyrrole nitrogens is 1. The number of aromatic nitrogens is 1. The third-order valence-corrected chi connectivity index (χ3v) is 6.33. The van der Waals surface area contributed by atoms with Crippen LogP contribution in [0, 0.1) is 6.92 Å². The van der Waals surface area contributed by atoms with Crippen molar-refractivity contribution in [2.75, 3.05) is 11.9 Å². The first-order valence-electron chi connectivity index (χ1n) is 10.2. The van der Waals surface area contributed by atoms with E-state index in [1.807, 2.05) is 23.1 Å². The van der Waals surface area contributed by atoms with E-state index in [0.717, 1.165) is 28.6 Å². The maximum Gasteiger partial charge on any atom is 0.322 e. The van der Waals surface area contributed by atoms with Crippen LogP contribution in [0.3, 0.4) is 0 Å². The van der Waals surface area contributed by atoms with E-state index in [2.05, 4.69) is 41.5 Å². The number of urea groups is 1. The number of anilines is 1. The van der Waals surface area contributed by atoms with Crippen LogP contribution in [0.1, 0.15) is 28.4 Å². The second-order valence-corrected chi connectivity index (χ2v) is 8.77. The maximum absolute atomic E-state index is 13.3. The van der Waals surface area contributed by atoms with Gasteiger partial charge >= 0.3 is 6.03 Å².